The van der Waals surface area contributed by atoms with Crippen molar-refractivity contribution < 1.29 is 4.74 Å². The number of nitrogens with zero attached hydrogens (tertiary/aromatic N) is 1. The van der Waals surface area contributed by atoms with Gasteiger partial charge in [-0.05, 0) is 44.2 Å². The Balaban J connectivity index is 2.52. The molecule has 0 aliphatic heterocycles. The highest BCUT2D eigenvalue weighted by Crippen LogP contribution is 2.39. The van der Waals surface area contributed by atoms with E-state index in [1.54, 1.807) is 7.11 Å². The van der Waals surface area contributed by atoms with Crippen LogP contribution in [0.3, 0.4) is 0 Å². The summed E-state index contributed by atoms with van der Waals surface area (Å²) in [5, 5.41) is 3.67. The molecule has 1 saturated carbocycles. The molecule has 1 fully saturated rings. The lowest BCUT2D eigenvalue weighted by atomic mass is 9.69. The van der Waals surface area contributed by atoms with E-state index in [1.165, 1.54) is 45.2 Å². The van der Waals surface area contributed by atoms with Crippen LogP contribution in [0.25, 0.3) is 0 Å². The fourth-order valence-corrected chi connectivity index (χ4v) is 3.56. The van der Waals surface area contributed by atoms with Gasteiger partial charge in [-0.15, -0.1) is 0 Å². The van der Waals surface area contributed by atoms with E-state index in [-0.39, 0.29) is 0 Å². The zero-order valence-corrected chi connectivity index (χ0v) is 13.5. The number of likely N-dealkylation sites (N-methyl/N-ethyl adjacent to an activating group) is 1. The summed E-state index contributed by atoms with van der Waals surface area (Å²) in [4.78, 5) is 2.45. The summed E-state index contributed by atoms with van der Waals surface area (Å²) in [6.07, 6.45) is 6.79. The number of ether oxygens (including phenoxy) is 1. The first kappa shape index (κ1) is 16.9. The van der Waals surface area contributed by atoms with Crippen molar-refractivity contribution in [1.29, 1.82) is 0 Å². The van der Waals surface area contributed by atoms with Crippen molar-refractivity contribution in [3.63, 3.8) is 0 Å². The topological polar surface area (TPSA) is 24.5 Å². The van der Waals surface area contributed by atoms with Crippen molar-refractivity contribution in [3.05, 3.63) is 0 Å². The van der Waals surface area contributed by atoms with Gasteiger partial charge in [-0.1, -0.05) is 26.7 Å². The Morgan fingerprint density at radius 1 is 1.42 bits per heavy atom. The summed E-state index contributed by atoms with van der Waals surface area (Å²) in [6.45, 7) is 10.1. The lowest BCUT2D eigenvalue weighted by Crippen LogP contribution is -2.46. The van der Waals surface area contributed by atoms with Crippen LogP contribution in [0.5, 0.6) is 0 Å². The molecule has 114 valence electrons. The fraction of sp³-hybridized carbons (Fsp3) is 1.00. The van der Waals surface area contributed by atoms with Crippen molar-refractivity contribution in [3.8, 4) is 0 Å². The van der Waals surface area contributed by atoms with Gasteiger partial charge in [0.2, 0.25) is 0 Å². The molecule has 0 spiro atoms. The second-order valence-corrected chi connectivity index (χ2v) is 6.61. The second kappa shape index (κ2) is 8.93. The third-order valence-corrected chi connectivity index (χ3v) is 4.39. The second-order valence-electron chi connectivity index (χ2n) is 6.61. The molecule has 3 nitrogen and oxygen atoms in total. The number of hydrogen-bond donors (Lipinski definition) is 1. The van der Waals surface area contributed by atoms with Gasteiger partial charge in [0, 0.05) is 26.7 Å². The maximum Gasteiger partial charge on any atom is 0.0589 e. The maximum atomic E-state index is 5.20. The average molecular weight is 270 g/mol. The van der Waals surface area contributed by atoms with Crippen LogP contribution in [0.1, 0.15) is 46.0 Å². The zero-order valence-electron chi connectivity index (χ0n) is 13.5. The molecule has 0 heterocycles. The molecule has 0 aromatic carbocycles. The van der Waals surface area contributed by atoms with Gasteiger partial charge >= 0.3 is 0 Å². The summed E-state index contributed by atoms with van der Waals surface area (Å²) < 4.78 is 5.20. The highest BCUT2D eigenvalue weighted by molar-refractivity contribution is 4.89. The summed E-state index contributed by atoms with van der Waals surface area (Å²) in [5.41, 5.74) is 0.481. The Hall–Kier alpha value is -0.120. The van der Waals surface area contributed by atoms with E-state index in [0.717, 1.165) is 25.6 Å². The smallest absolute Gasteiger partial charge is 0.0589 e. The molecule has 3 heteroatoms. The van der Waals surface area contributed by atoms with Gasteiger partial charge in [0.15, 0.2) is 0 Å². The molecule has 0 saturated heterocycles. The van der Waals surface area contributed by atoms with Crippen LogP contribution in [-0.4, -0.2) is 51.8 Å². The lowest BCUT2D eigenvalue weighted by molar-refractivity contribution is 0.0765. The summed E-state index contributed by atoms with van der Waals surface area (Å²) in [5.74, 6) is 0.882. The standard InChI is InChI=1S/C16H34N2O/c1-5-9-17-13-16(8-6-7-15(2)12-16)14-18(3)10-11-19-4/h15,17H,5-14H2,1-4H3. The molecule has 1 N–H and O–H groups in total. The van der Waals surface area contributed by atoms with Crippen LogP contribution in [0.15, 0.2) is 0 Å². The van der Waals surface area contributed by atoms with Crippen LogP contribution in [-0.2, 0) is 4.74 Å². The fourth-order valence-electron chi connectivity index (χ4n) is 3.56. The summed E-state index contributed by atoms with van der Waals surface area (Å²) in [7, 11) is 4.02. The first-order chi connectivity index (χ1) is 9.12. The Morgan fingerprint density at radius 3 is 2.84 bits per heavy atom. The predicted octanol–water partition coefficient (Wildman–Crippen LogP) is 2.76. The molecule has 0 bridgehead atoms. The molecule has 0 aromatic rings. The number of hydrogen-bond acceptors (Lipinski definition) is 3. The van der Waals surface area contributed by atoms with E-state index in [4.69, 9.17) is 4.74 Å². The van der Waals surface area contributed by atoms with E-state index in [0.29, 0.717) is 5.41 Å². The van der Waals surface area contributed by atoms with Crippen molar-refractivity contribution in [1.82, 2.24) is 10.2 Å². The molecule has 1 aliphatic carbocycles. The van der Waals surface area contributed by atoms with Crippen molar-refractivity contribution >= 4 is 0 Å². The van der Waals surface area contributed by atoms with Crippen LogP contribution in [0.2, 0.25) is 0 Å². The Morgan fingerprint density at radius 2 is 2.21 bits per heavy atom. The Labute approximate surface area is 120 Å². The molecule has 1 rings (SSSR count). The van der Waals surface area contributed by atoms with Gasteiger partial charge in [0.25, 0.3) is 0 Å². The number of methoxy groups -OCH3 is 1. The van der Waals surface area contributed by atoms with Crippen molar-refractivity contribution in [2.24, 2.45) is 11.3 Å². The van der Waals surface area contributed by atoms with E-state index < -0.39 is 0 Å². The van der Waals surface area contributed by atoms with E-state index >= 15 is 0 Å². The molecular weight excluding hydrogens is 236 g/mol. The zero-order chi connectivity index (χ0) is 14.1. The third-order valence-electron chi connectivity index (χ3n) is 4.39. The first-order valence-corrected chi connectivity index (χ1v) is 8.00. The SMILES string of the molecule is CCCNCC1(CN(C)CCOC)CCCC(C)C1. The molecular formula is C16H34N2O. The predicted molar refractivity (Wildman–Crippen MR) is 82.6 cm³/mol. The van der Waals surface area contributed by atoms with E-state index in [2.05, 4.69) is 31.1 Å². The average Bonchev–Trinajstić information content (AvgIpc) is 2.36. The van der Waals surface area contributed by atoms with Crippen LogP contribution >= 0.6 is 0 Å². The van der Waals surface area contributed by atoms with Gasteiger partial charge in [-0.3, -0.25) is 0 Å². The lowest BCUT2D eigenvalue weighted by Gasteiger charge is -2.43. The molecule has 0 aromatic heterocycles. The quantitative estimate of drug-likeness (QED) is 0.652. The largest absolute Gasteiger partial charge is 0.383 e. The highest BCUT2D eigenvalue weighted by Gasteiger charge is 2.35. The summed E-state index contributed by atoms with van der Waals surface area (Å²) >= 11 is 0. The van der Waals surface area contributed by atoms with Gasteiger partial charge in [-0.25, -0.2) is 0 Å². The molecule has 2 unspecified atom stereocenters. The molecule has 2 atom stereocenters. The normalized spacial score (nSPS) is 27.9. The first-order valence-electron chi connectivity index (χ1n) is 8.00. The number of rotatable bonds is 9. The van der Waals surface area contributed by atoms with Crippen LogP contribution in [0, 0.1) is 11.3 Å². The summed E-state index contributed by atoms with van der Waals surface area (Å²) in [6, 6.07) is 0. The van der Waals surface area contributed by atoms with Gasteiger partial charge in [0.1, 0.15) is 0 Å². The van der Waals surface area contributed by atoms with Gasteiger partial charge in [0.05, 0.1) is 6.61 Å². The Kier molecular flexibility index (Phi) is 7.96. The van der Waals surface area contributed by atoms with E-state index in [9.17, 15) is 0 Å². The van der Waals surface area contributed by atoms with Crippen molar-refractivity contribution in [2.45, 2.75) is 46.0 Å². The van der Waals surface area contributed by atoms with Crippen molar-refractivity contribution in [2.75, 3.05) is 46.9 Å². The molecule has 1 aliphatic rings. The minimum absolute atomic E-state index is 0.481. The molecule has 0 amide bonds. The van der Waals surface area contributed by atoms with Crippen LogP contribution < -0.4 is 5.32 Å². The maximum absolute atomic E-state index is 5.20. The highest BCUT2D eigenvalue weighted by atomic mass is 16.5. The van der Waals surface area contributed by atoms with Gasteiger partial charge in [-0.2, -0.15) is 0 Å². The van der Waals surface area contributed by atoms with Gasteiger partial charge < -0.3 is 15.0 Å². The Bertz CT molecular complexity index is 235. The number of nitrogens with one attached hydrogen (secondary N) is 1. The van der Waals surface area contributed by atoms with Crippen LogP contribution in [0.4, 0.5) is 0 Å². The minimum atomic E-state index is 0.481. The molecule has 19 heavy (non-hydrogen) atoms. The third kappa shape index (κ3) is 6.24. The van der Waals surface area contributed by atoms with E-state index in [1.807, 2.05) is 0 Å². The monoisotopic (exact) mass is 270 g/mol. The minimum Gasteiger partial charge on any atom is -0.383 e. The molecule has 0 radical (unpaired) electrons.